The molecule has 2 aromatic rings. The molecule has 0 bridgehead atoms. The van der Waals surface area contributed by atoms with Crippen LogP contribution in [-0.2, 0) is 0 Å². The summed E-state index contributed by atoms with van der Waals surface area (Å²) in [6, 6.07) is 5.56. The Labute approximate surface area is 92.9 Å². The van der Waals surface area contributed by atoms with Gasteiger partial charge in [0.2, 0.25) is 0 Å². The van der Waals surface area contributed by atoms with Crippen LogP contribution >= 0.6 is 11.6 Å². The fraction of sp³-hybridized carbons (Fsp3) is 0.0909. The van der Waals surface area contributed by atoms with Gasteiger partial charge in [-0.2, -0.15) is 0 Å². The Morgan fingerprint density at radius 1 is 1.27 bits per heavy atom. The van der Waals surface area contributed by atoms with Crippen molar-refractivity contribution in [1.82, 2.24) is 9.97 Å². The van der Waals surface area contributed by atoms with E-state index in [2.05, 4.69) is 9.97 Å². The number of halogens is 1. The second-order valence-electron chi connectivity index (χ2n) is 3.27. The molecule has 2 heterocycles. The van der Waals surface area contributed by atoms with Gasteiger partial charge in [-0.15, -0.1) is 0 Å². The molecule has 0 aliphatic carbocycles. The predicted octanol–water partition coefficient (Wildman–Crippen LogP) is 2.69. The maximum atomic E-state index is 5.82. The number of nitrogens with zero attached hydrogens (tertiary/aromatic N) is 2. The second-order valence-corrected chi connectivity index (χ2v) is 3.66. The summed E-state index contributed by atoms with van der Waals surface area (Å²) in [6.45, 7) is 1.93. The topological polar surface area (TPSA) is 51.8 Å². The number of rotatable bonds is 1. The minimum Gasteiger partial charge on any atom is -0.397 e. The van der Waals surface area contributed by atoms with Crippen molar-refractivity contribution >= 4 is 17.3 Å². The highest BCUT2D eigenvalue weighted by Gasteiger charge is 2.04. The van der Waals surface area contributed by atoms with Crippen LogP contribution in [0.1, 0.15) is 5.69 Å². The molecule has 0 radical (unpaired) electrons. The molecule has 0 saturated heterocycles. The lowest BCUT2D eigenvalue weighted by Crippen LogP contribution is -1.92. The van der Waals surface area contributed by atoms with E-state index in [0.29, 0.717) is 10.8 Å². The van der Waals surface area contributed by atoms with E-state index in [1.807, 2.05) is 19.1 Å². The second kappa shape index (κ2) is 3.87. The van der Waals surface area contributed by atoms with E-state index < -0.39 is 0 Å². The lowest BCUT2D eigenvalue weighted by atomic mass is 10.1. The molecular weight excluding hydrogens is 210 g/mol. The summed E-state index contributed by atoms with van der Waals surface area (Å²) < 4.78 is 0. The van der Waals surface area contributed by atoms with Crippen LogP contribution in [0.5, 0.6) is 0 Å². The highest BCUT2D eigenvalue weighted by atomic mass is 35.5. The molecule has 76 valence electrons. The summed E-state index contributed by atoms with van der Waals surface area (Å²) in [5, 5.41) is 0.467. The van der Waals surface area contributed by atoms with Gasteiger partial charge >= 0.3 is 0 Å². The number of anilines is 1. The molecule has 0 amide bonds. The van der Waals surface area contributed by atoms with Crippen molar-refractivity contribution in [3.8, 4) is 11.1 Å². The van der Waals surface area contributed by atoms with E-state index in [-0.39, 0.29) is 0 Å². The molecule has 0 unspecified atom stereocenters. The van der Waals surface area contributed by atoms with Gasteiger partial charge in [-0.1, -0.05) is 11.6 Å². The van der Waals surface area contributed by atoms with E-state index in [1.165, 1.54) is 0 Å². The van der Waals surface area contributed by atoms with E-state index in [9.17, 15) is 0 Å². The summed E-state index contributed by atoms with van der Waals surface area (Å²) >= 11 is 5.82. The van der Waals surface area contributed by atoms with Crippen molar-refractivity contribution in [2.24, 2.45) is 0 Å². The molecule has 15 heavy (non-hydrogen) atoms. The van der Waals surface area contributed by atoms with E-state index >= 15 is 0 Å². The average Bonchev–Trinajstić information content (AvgIpc) is 2.22. The van der Waals surface area contributed by atoms with Crippen LogP contribution < -0.4 is 5.73 Å². The minimum atomic E-state index is 0.467. The maximum Gasteiger partial charge on any atom is 0.129 e. The highest BCUT2D eigenvalue weighted by Crippen LogP contribution is 2.24. The first-order chi connectivity index (χ1) is 7.16. The third kappa shape index (κ3) is 2.07. The Morgan fingerprint density at radius 2 is 2.07 bits per heavy atom. The molecule has 0 spiro atoms. The van der Waals surface area contributed by atoms with Gasteiger partial charge in [-0.25, -0.2) is 4.98 Å². The van der Waals surface area contributed by atoms with Gasteiger partial charge in [0, 0.05) is 17.5 Å². The van der Waals surface area contributed by atoms with E-state index in [4.69, 9.17) is 17.3 Å². The largest absolute Gasteiger partial charge is 0.397 e. The first-order valence-corrected chi connectivity index (χ1v) is 4.88. The predicted molar refractivity (Wildman–Crippen MR) is 61.6 cm³/mol. The van der Waals surface area contributed by atoms with Crippen LogP contribution in [0.3, 0.4) is 0 Å². The van der Waals surface area contributed by atoms with Gasteiger partial charge in [0.1, 0.15) is 5.15 Å². The molecule has 0 saturated carbocycles. The van der Waals surface area contributed by atoms with Crippen molar-refractivity contribution in [2.75, 3.05) is 5.73 Å². The van der Waals surface area contributed by atoms with Gasteiger partial charge in [0.25, 0.3) is 0 Å². The molecule has 4 heteroatoms. The summed E-state index contributed by atoms with van der Waals surface area (Å²) in [7, 11) is 0. The summed E-state index contributed by atoms with van der Waals surface area (Å²) in [5.41, 5.74) is 9.22. The Hall–Kier alpha value is -1.61. The molecule has 3 nitrogen and oxygen atoms in total. The van der Waals surface area contributed by atoms with Gasteiger partial charge in [-0.05, 0) is 30.7 Å². The van der Waals surface area contributed by atoms with Crippen LogP contribution in [0.15, 0.2) is 30.6 Å². The molecular formula is C11H10ClN3. The summed E-state index contributed by atoms with van der Waals surface area (Å²) in [4.78, 5) is 8.13. The van der Waals surface area contributed by atoms with Crippen LogP contribution in [-0.4, -0.2) is 9.97 Å². The molecule has 0 aliphatic heterocycles. The van der Waals surface area contributed by atoms with E-state index in [0.717, 1.165) is 16.8 Å². The molecule has 0 atom stereocenters. The number of hydrogen-bond donors (Lipinski definition) is 1. The normalized spacial score (nSPS) is 10.3. The van der Waals surface area contributed by atoms with Crippen molar-refractivity contribution < 1.29 is 0 Å². The molecule has 2 aromatic heterocycles. The minimum absolute atomic E-state index is 0.467. The fourth-order valence-electron chi connectivity index (χ4n) is 1.41. The quantitative estimate of drug-likeness (QED) is 0.751. The molecule has 0 fully saturated rings. The zero-order valence-corrected chi connectivity index (χ0v) is 8.99. The zero-order chi connectivity index (χ0) is 10.8. The Balaban J connectivity index is 2.58. The standard InChI is InChI=1S/C11H10ClN3/c1-7-10(5-9(13)6-15-7)8-2-3-14-11(12)4-8/h2-6H,13H2,1H3. The zero-order valence-electron chi connectivity index (χ0n) is 8.24. The van der Waals surface area contributed by atoms with Gasteiger partial charge < -0.3 is 5.73 Å². The van der Waals surface area contributed by atoms with Crippen LogP contribution in [0, 0.1) is 6.92 Å². The van der Waals surface area contributed by atoms with Crippen LogP contribution in [0.25, 0.3) is 11.1 Å². The Bertz CT molecular complexity index is 497. The van der Waals surface area contributed by atoms with Crippen LogP contribution in [0.2, 0.25) is 5.15 Å². The lowest BCUT2D eigenvalue weighted by molar-refractivity contribution is 1.20. The first kappa shape index (κ1) is 9.93. The number of pyridine rings is 2. The van der Waals surface area contributed by atoms with Gasteiger partial charge in [0.05, 0.1) is 11.9 Å². The van der Waals surface area contributed by atoms with Crippen molar-refractivity contribution in [3.05, 3.63) is 41.4 Å². The number of aromatic nitrogens is 2. The number of aryl methyl sites for hydroxylation is 1. The van der Waals surface area contributed by atoms with Crippen molar-refractivity contribution in [1.29, 1.82) is 0 Å². The Kier molecular flexibility index (Phi) is 2.56. The monoisotopic (exact) mass is 219 g/mol. The van der Waals surface area contributed by atoms with Crippen molar-refractivity contribution in [2.45, 2.75) is 6.92 Å². The molecule has 0 aliphatic rings. The SMILES string of the molecule is Cc1ncc(N)cc1-c1ccnc(Cl)c1. The highest BCUT2D eigenvalue weighted by molar-refractivity contribution is 6.29. The number of hydrogen-bond acceptors (Lipinski definition) is 3. The number of nitrogen functional groups attached to an aromatic ring is 1. The smallest absolute Gasteiger partial charge is 0.129 e. The lowest BCUT2D eigenvalue weighted by Gasteiger charge is -2.06. The average molecular weight is 220 g/mol. The Morgan fingerprint density at radius 3 is 2.80 bits per heavy atom. The van der Waals surface area contributed by atoms with Crippen molar-refractivity contribution in [3.63, 3.8) is 0 Å². The first-order valence-electron chi connectivity index (χ1n) is 4.51. The maximum absolute atomic E-state index is 5.82. The molecule has 2 rings (SSSR count). The summed E-state index contributed by atoms with van der Waals surface area (Å²) in [5.74, 6) is 0. The molecule has 2 N–H and O–H groups in total. The van der Waals surface area contributed by atoms with E-state index in [1.54, 1.807) is 18.5 Å². The number of nitrogens with two attached hydrogens (primary N) is 1. The van der Waals surface area contributed by atoms with Gasteiger partial charge in [0.15, 0.2) is 0 Å². The molecule has 0 aromatic carbocycles. The third-order valence-electron chi connectivity index (χ3n) is 2.15. The third-order valence-corrected chi connectivity index (χ3v) is 2.35. The van der Waals surface area contributed by atoms with Gasteiger partial charge in [-0.3, -0.25) is 4.98 Å². The fourth-order valence-corrected chi connectivity index (χ4v) is 1.59. The van der Waals surface area contributed by atoms with Crippen LogP contribution in [0.4, 0.5) is 5.69 Å². The summed E-state index contributed by atoms with van der Waals surface area (Å²) in [6.07, 6.45) is 3.31.